The Labute approximate surface area is 189 Å². The highest BCUT2D eigenvalue weighted by molar-refractivity contribution is 7.86. The molecule has 1 unspecified atom stereocenters. The first-order chi connectivity index (χ1) is 14.9. The SMILES string of the molecule is CC(=O)NCCCS(=O)(=O)OCC(C)(C)CCNC(=O)OC(C)OC(=O)c1ccccc1. The third-order valence-electron chi connectivity index (χ3n) is 4.20. The summed E-state index contributed by atoms with van der Waals surface area (Å²) in [6, 6.07) is 8.32. The van der Waals surface area contributed by atoms with Gasteiger partial charge >= 0.3 is 12.1 Å². The molecule has 0 aliphatic carbocycles. The van der Waals surface area contributed by atoms with E-state index in [4.69, 9.17) is 13.7 Å². The average Bonchev–Trinajstić information content (AvgIpc) is 2.70. The Morgan fingerprint density at radius 3 is 2.31 bits per heavy atom. The molecule has 2 amide bonds. The van der Waals surface area contributed by atoms with Crippen LogP contribution in [0.1, 0.15) is 50.9 Å². The van der Waals surface area contributed by atoms with Gasteiger partial charge in [0, 0.05) is 26.9 Å². The number of esters is 1. The van der Waals surface area contributed by atoms with Gasteiger partial charge in [0.1, 0.15) is 0 Å². The van der Waals surface area contributed by atoms with Crippen molar-refractivity contribution in [3.8, 4) is 0 Å². The zero-order chi connectivity index (χ0) is 24.2. The second kappa shape index (κ2) is 13.0. The highest BCUT2D eigenvalue weighted by atomic mass is 32.2. The van der Waals surface area contributed by atoms with Gasteiger partial charge in [-0.3, -0.25) is 8.98 Å². The summed E-state index contributed by atoms with van der Waals surface area (Å²) in [5.41, 5.74) is -0.196. The van der Waals surface area contributed by atoms with E-state index in [-0.39, 0.29) is 37.8 Å². The Hall–Kier alpha value is -2.66. The van der Waals surface area contributed by atoms with E-state index in [1.54, 1.807) is 44.2 Å². The first-order valence-electron chi connectivity index (χ1n) is 10.2. The van der Waals surface area contributed by atoms with Crippen LogP contribution in [-0.2, 0) is 28.6 Å². The molecule has 180 valence electrons. The van der Waals surface area contributed by atoms with Gasteiger partial charge in [-0.25, -0.2) is 9.59 Å². The molecule has 0 bridgehead atoms. The molecule has 0 saturated carbocycles. The van der Waals surface area contributed by atoms with Gasteiger partial charge in [-0.05, 0) is 30.4 Å². The van der Waals surface area contributed by atoms with Gasteiger partial charge < -0.3 is 20.1 Å². The third kappa shape index (κ3) is 12.3. The molecule has 0 heterocycles. The van der Waals surface area contributed by atoms with Gasteiger partial charge in [-0.15, -0.1) is 0 Å². The number of benzene rings is 1. The number of alkyl carbamates (subject to hydrolysis) is 1. The number of ether oxygens (including phenoxy) is 2. The molecule has 0 fully saturated rings. The summed E-state index contributed by atoms with van der Waals surface area (Å²) >= 11 is 0. The van der Waals surface area contributed by atoms with Crippen LogP contribution in [0.25, 0.3) is 0 Å². The Balaban J connectivity index is 2.29. The van der Waals surface area contributed by atoms with E-state index < -0.39 is 33.9 Å². The summed E-state index contributed by atoms with van der Waals surface area (Å²) in [5, 5.41) is 5.06. The van der Waals surface area contributed by atoms with Crippen molar-refractivity contribution in [3.63, 3.8) is 0 Å². The molecule has 0 aliphatic heterocycles. The van der Waals surface area contributed by atoms with Crippen LogP contribution in [0.15, 0.2) is 30.3 Å². The maximum Gasteiger partial charge on any atom is 0.410 e. The minimum atomic E-state index is -3.72. The standard InChI is InChI=1S/C21H32N2O8S/c1-16(24)22-12-8-14-32(27,28)29-15-21(3,4)11-13-23-20(26)31-17(2)30-19(25)18-9-6-5-7-10-18/h5-7,9-10,17H,8,11-15H2,1-4H3,(H,22,24)(H,23,26). The van der Waals surface area contributed by atoms with Gasteiger partial charge in [0.05, 0.1) is 17.9 Å². The van der Waals surface area contributed by atoms with Crippen LogP contribution < -0.4 is 10.6 Å². The van der Waals surface area contributed by atoms with E-state index in [1.807, 2.05) is 0 Å². The maximum atomic E-state index is 11.9. The van der Waals surface area contributed by atoms with Crippen LogP contribution in [0, 0.1) is 5.41 Å². The average molecular weight is 473 g/mol. The van der Waals surface area contributed by atoms with Crippen LogP contribution in [0.2, 0.25) is 0 Å². The lowest BCUT2D eigenvalue weighted by atomic mass is 9.91. The maximum absolute atomic E-state index is 11.9. The molecule has 1 aromatic rings. The van der Waals surface area contributed by atoms with E-state index in [1.165, 1.54) is 13.8 Å². The Kier molecular flexibility index (Phi) is 11.1. The number of hydrogen-bond acceptors (Lipinski definition) is 8. The Morgan fingerprint density at radius 2 is 1.69 bits per heavy atom. The second-order valence-electron chi connectivity index (χ2n) is 7.95. The van der Waals surface area contributed by atoms with Crippen molar-refractivity contribution in [2.75, 3.05) is 25.4 Å². The first kappa shape index (κ1) is 27.4. The summed E-state index contributed by atoms with van der Waals surface area (Å²) in [6.45, 7) is 6.79. The van der Waals surface area contributed by atoms with Crippen LogP contribution in [0.3, 0.4) is 0 Å². The molecule has 1 rings (SSSR count). The van der Waals surface area contributed by atoms with Crippen LogP contribution in [0.4, 0.5) is 4.79 Å². The highest BCUT2D eigenvalue weighted by Crippen LogP contribution is 2.21. The van der Waals surface area contributed by atoms with E-state index >= 15 is 0 Å². The fraction of sp³-hybridized carbons (Fsp3) is 0.571. The van der Waals surface area contributed by atoms with Crippen LogP contribution in [-0.4, -0.2) is 58.1 Å². The molecule has 1 aromatic carbocycles. The van der Waals surface area contributed by atoms with Crippen molar-refractivity contribution in [1.82, 2.24) is 10.6 Å². The fourth-order valence-electron chi connectivity index (χ4n) is 2.41. The number of hydrogen-bond donors (Lipinski definition) is 2. The largest absolute Gasteiger partial charge is 0.422 e. The van der Waals surface area contributed by atoms with E-state index in [0.717, 1.165) is 0 Å². The van der Waals surface area contributed by atoms with Crippen LogP contribution in [0.5, 0.6) is 0 Å². The lowest BCUT2D eigenvalue weighted by Gasteiger charge is -2.24. The van der Waals surface area contributed by atoms with Gasteiger partial charge in [-0.2, -0.15) is 8.42 Å². The number of nitrogens with one attached hydrogen (secondary N) is 2. The predicted octanol–water partition coefficient (Wildman–Crippen LogP) is 2.20. The molecule has 2 N–H and O–H groups in total. The molecule has 11 heteroatoms. The van der Waals surface area contributed by atoms with Crippen molar-refractivity contribution in [2.45, 2.75) is 46.8 Å². The van der Waals surface area contributed by atoms with Gasteiger partial charge in [0.15, 0.2) is 0 Å². The van der Waals surface area contributed by atoms with Crippen molar-refractivity contribution in [2.24, 2.45) is 5.41 Å². The molecular formula is C21H32N2O8S. The summed E-state index contributed by atoms with van der Waals surface area (Å²) in [7, 11) is -3.72. The highest BCUT2D eigenvalue weighted by Gasteiger charge is 2.23. The number of rotatable bonds is 13. The number of carbonyl (C=O) groups excluding carboxylic acids is 3. The predicted molar refractivity (Wildman–Crippen MR) is 117 cm³/mol. The molecule has 0 spiro atoms. The first-order valence-corrected chi connectivity index (χ1v) is 11.8. The minimum Gasteiger partial charge on any atom is -0.422 e. The summed E-state index contributed by atoms with van der Waals surface area (Å²) in [4.78, 5) is 34.6. The smallest absolute Gasteiger partial charge is 0.410 e. The van der Waals surface area contributed by atoms with E-state index in [0.29, 0.717) is 12.0 Å². The summed E-state index contributed by atoms with van der Waals surface area (Å²) in [6.07, 6.45) is -1.17. The molecule has 32 heavy (non-hydrogen) atoms. The number of amides is 2. The molecular weight excluding hydrogens is 440 g/mol. The molecule has 0 radical (unpaired) electrons. The lowest BCUT2D eigenvalue weighted by molar-refractivity contribution is -0.118. The Morgan fingerprint density at radius 1 is 1.03 bits per heavy atom. The van der Waals surface area contributed by atoms with E-state index in [9.17, 15) is 22.8 Å². The van der Waals surface area contributed by atoms with Gasteiger partial charge in [0.2, 0.25) is 12.2 Å². The topological polar surface area (TPSA) is 137 Å². The summed E-state index contributed by atoms with van der Waals surface area (Å²) in [5.74, 6) is -1.03. The van der Waals surface area contributed by atoms with Crippen LogP contribution >= 0.6 is 0 Å². The van der Waals surface area contributed by atoms with Gasteiger partial charge in [0.25, 0.3) is 10.1 Å². The normalized spacial score (nSPS) is 12.5. The van der Waals surface area contributed by atoms with Crippen molar-refractivity contribution < 1.29 is 36.5 Å². The lowest BCUT2D eigenvalue weighted by Crippen LogP contribution is -2.34. The molecule has 1 atom stereocenters. The van der Waals surface area contributed by atoms with E-state index in [2.05, 4.69) is 10.6 Å². The monoisotopic (exact) mass is 472 g/mol. The van der Waals surface area contributed by atoms with Crippen molar-refractivity contribution in [1.29, 1.82) is 0 Å². The van der Waals surface area contributed by atoms with Crippen molar-refractivity contribution >= 4 is 28.1 Å². The zero-order valence-corrected chi connectivity index (χ0v) is 19.7. The Bertz CT molecular complexity index is 856. The second-order valence-corrected chi connectivity index (χ2v) is 9.71. The van der Waals surface area contributed by atoms with Gasteiger partial charge in [-0.1, -0.05) is 32.0 Å². The summed E-state index contributed by atoms with van der Waals surface area (Å²) < 4.78 is 39.0. The fourth-order valence-corrected chi connectivity index (χ4v) is 3.52. The quantitative estimate of drug-likeness (QED) is 0.193. The molecule has 10 nitrogen and oxygen atoms in total. The third-order valence-corrected chi connectivity index (χ3v) is 5.47. The molecule has 0 aromatic heterocycles. The van der Waals surface area contributed by atoms with Crippen molar-refractivity contribution in [3.05, 3.63) is 35.9 Å². The number of carbonyl (C=O) groups is 3. The minimum absolute atomic E-state index is 0.0582. The molecule has 0 aliphatic rings. The molecule has 0 saturated heterocycles. The zero-order valence-electron chi connectivity index (χ0n) is 18.9.